The number of hydrogen-bond donors (Lipinski definition) is 0. The second-order valence-electron chi connectivity index (χ2n) is 4.05. The van der Waals surface area contributed by atoms with Crippen LogP contribution in [0.5, 0.6) is 5.75 Å². The van der Waals surface area contributed by atoms with Gasteiger partial charge in [-0.15, -0.1) is 0 Å². The number of hydrogen-bond acceptors (Lipinski definition) is 3. The molecule has 0 aliphatic carbocycles. The highest BCUT2D eigenvalue weighted by Crippen LogP contribution is 2.19. The Morgan fingerprint density at radius 2 is 1.88 bits per heavy atom. The highest BCUT2D eigenvalue weighted by Gasteiger charge is 2.06. The number of methoxy groups -OCH3 is 2. The largest absolute Gasteiger partial charge is 0.497 e. The Kier molecular flexibility index (Phi) is 5.53. The molecule has 0 N–H and O–H groups in total. The normalized spacial score (nSPS) is 10.1. The van der Waals surface area contributed by atoms with Crippen LogP contribution >= 0.6 is 0 Å². The van der Waals surface area contributed by atoms with Gasteiger partial charge in [0, 0.05) is 0 Å². The maximum Gasteiger partial charge on any atom is 0.309 e. The van der Waals surface area contributed by atoms with Crippen molar-refractivity contribution in [1.82, 2.24) is 0 Å². The number of ether oxygens (including phenoxy) is 2. The van der Waals surface area contributed by atoms with E-state index in [4.69, 9.17) is 4.74 Å². The molecule has 0 saturated heterocycles. The van der Waals surface area contributed by atoms with E-state index in [9.17, 15) is 4.79 Å². The molecule has 3 heteroatoms. The van der Waals surface area contributed by atoms with Crippen molar-refractivity contribution in [3.63, 3.8) is 0 Å². The number of benzene rings is 1. The minimum atomic E-state index is -0.223. The van der Waals surface area contributed by atoms with Gasteiger partial charge in [-0.3, -0.25) is 4.79 Å². The first-order chi connectivity index (χ1) is 8.19. The summed E-state index contributed by atoms with van der Waals surface area (Å²) in [4.78, 5) is 11.2. The molecule has 0 atom stereocenters. The third kappa shape index (κ3) is 4.47. The Bertz CT molecular complexity index is 372. The van der Waals surface area contributed by atoms with Gasteiger partial charge in [0.15, 0.2) is 0 Å². The Morgan fingerprint density at radius 1 is 1.18 bits per heavy atom. The molecule has 0 bridgehead atoms. The van der Waals surface area contributed by atoms with E-state index in [0.717, 1.165) is 30.6 Å². The average molecular weight is 236 g/mol. The average Bonchev–Trinajstić information content (AvgIpc) is 2.35. The molecule has 0 fully saturated rings. The van der Waals surface area contributed by atoms with Gasteiger partial charge in [-0.1, -0.05) is 19.4 Å². The van der Waals surface area contributed by atoms with E-state index in [2.05, 4.69) is 17.7 Å². The summed E-state index contributed by atoms with van der Waals surface area (Å²) in [7, 11) is 3.04. The fourth-order valence-corrected chi connectivity index (χ4v) is 1.71. The van der Waals surface area contributed by atoms with Gasteiger partial charge in [0.25, 0.3) is 0 Å². The van der Waals surface area contributed by atoms with Crippen molar-refractivity contribution in [3.05, 3.63) is 29.3 Å². The van der Waals surface area contributed by atoms with Crippen molar-refractivity contribution in [2.75, 3.05) is 14.2 Å². The van der Waals surface area contributed by atoms with Crippen LogP contribution in [0.2, 0.25) is 0 Å². The Hall–Kier alpha value is -1.51. The molecule has 0 amide bonds. The Labute approximate surface area is 103 Å². The predicted molar refractivity (Wildman–Crippen MR) is 67.3 cm³/mol. The zero-order valence-corrected chi connectivity index (χ0v) is 10.8. The van der Waals surface area contributed by atoms with Crippen molar-refractivity contribution in [3.8, 4) is 5.75 Å². The van der Waals surface area contributed by atoms with Crippen molar-refractivity contribution >= 4 is 5.97 Å². The van der Waals surface area contributed by atoms with Crippen LogP contribution in [0.3, 0.4) is 0 Å². The molecule has 1 aromatic carbocycles. The molecule has 1 rings (SSSR count). The molecule has 1 aromatic rings. The summed E-state index contributed by atoms with van der Waals surface area (Å²) in [5, 5.41) is 0. The number of unbranched alkanes of at least 4 members (excludes halogenated alkanes) is 1. The van der Waals surface area contributed by atoms with Crippen LogP contribution in [0.4, 0.5) is 0 Å². The van der Waals surface area contributed by atoms with E-state index in [-0.39, 0.29) is 5.97 Å². The number of carbonyl (C=O) groups excluding carboxylic acids is 1. The van der Waals surface area contributed by atoms with Crippen molar-refractivity contribution in [2.45, 2.75) is 32.6 Å². The molecule has 3 nitrogen and oxygen atoms in total. The fraction of sp³-hybridized carbons (Fsp3) is 0.500. The van der Waals surface area contributed by atoms with Crippen LogP contribution in [0.25, 0.3) is 0 Å². The number of rotatable bonds is 6. The van der Waals surface area contributed by atoms with Crippen molar-refractivity contribution in [2.24, 2.45) is 0 Å². The van der Waals surface area contributed by atoms with Crippen LogP contribution in [0, 0.1) is 0 Å². The van der Waals surface area contributed by atoms with Gasteiger partial charge in [-0.2, -0.15) is 0 Å². The standard InChI is InChI=1S/C14H20O3/c1-4-5-6-11-7-12(10-14(15)17-3)9-13(8-11)16-2/h7-9H,4-6,10H2,1-3H3. The summed E-state index contributed by atoms with van der Waals surface area (Å²) in [6.07, 6.45) is 3.61. The summed E-state index contributed by atoms with van der Waals surface area (Å²) in [5.41, 5.74) is 2.16. The lowest BCUT2D eigenvalue weighted by Crippen LogP contribution is -2.05. The summed E-state index contributed by atoms with van der Waals surface area (Å²) in [6.45, 7) is 2.16. The molecule has 0 saturated carbocycles. The predicted octanol–water partition coefficient (Wildman–Crippen LogP) is 2.75. The lowest BCUT2D eigenvalue weighted by molar-refractivity contribution is -0.139. The SMILES string of the molecule is CCCCc1cc(CC(=O)OC)cc(OC)c1. The van der Waals surface area contributed by atoms with Crippen molar-refractivity contribution in [1.29, 1.82) is 0 Å². The molecule has 94 valence electrons. The van der Waals surface area contributed by atoms with Gasteiger partial charge in [0.1, 0.15) is 5.75 Å². The van der Waals surface area contributed by atoms with E-state index in [1.807, 2.05) is 12.1 Å². The number of carbonyl (C=O) groups is 1. The molecule has 17 heavy (non-hydrogen) atoms. The van der Waals surface area contributed by atoms with E-state index in [1.54, 1.807) is 7.11 Å². The minimum Gasteiger partial charge on any atom is -0.497 e. The Balaban J connectivity index is 2.84. The van der Waals surface area contributed by atoms with Gasteiger partial charge in [0.05, 0.1) is 20.6 Å². The first kappa shape index (κ1) is 13.6. The van der Waals surface area contributed by atoms with E-state index in [1.165, 1.54) is 12.7 Å². The molecular weight excluding hydrogens is 216 g/mol. The van der Waals surface area contributed by atoms with Crippen LogP contribution in [-0.4, -0.2) is 20.2 Å². The van der Waals surface area contributed by atoms with E-state index >= 15 is 0 Å². The first-order valence-electron chi connectivity index (χ1n) is 5.93. The van der Waals surface area contributed by atoms with Gasteiger partial charge in [0.2, 0.25) is 0 Å². The second kappa shape index (κ2) is 6.94. The summed E-state index contributed by atoms with van der Waals surface area (Å²) < 4.78 is 9.91. The molecule has 0 spiro atoms. The van der Waals surface area contributed by atoms with Crippen LogP contribution in [-0.2, 0) is 22.4 Å². The minimum absolute atomic E-state index is 0.223. The molecule has 0 unspecified atom stereocenters. The van der Waals surface area contributed by atoms with Crippen LogP contribution < -0.4 is 4.74 Å². The molecular formula is C14H20O3. The van der Waals surface area contributed by atoms with Crippen molar-refractivity contribution < 1.29 is 14.3 Å². The van der Waals surface area contributed by atoms with Gasteiger partial charge >= 0.3 is 5.97 Å². The number of aryl methyl sites for hydroxylation is 1. The summed E-state index contributed by atoms with van der Waals surface area (Å²) >= 11 is 0. The highest BCUT2D eigenvalue weighted by atomic mass is 16.5. The van der Waals surface area contributed by atoms with Crippen LogP contribution in [0.1, 0.15) is 30.9 Å². The number of esters is 1. The smallest absolute Gasteiger partial charge is 0.309 e. The second-order valence-corrected chi connectivity index (χ2v) is 4.05. The van der Waals surface area contributed by atoms with Gasteiger partial charge in [-0.25, -0.2) is 0 Å². The first-order valence-corrected chi connectivity index (χ1v) is 5.93. The van der Waals surface area contributed by atoms with Gasteiger partial charge < -0.3 is 9.47 Å². The third-order valence-electron chi connectivity index (χ3n) is 2.66. The van der Waals surface area contributed by atoms with E-state index < -0.39 is 0 Å². The monoisotopic (exact) mass is 236 g/mol. The summed E-state index contributed by atoms with van der Waals surface area (Å²) in [5.74, 6) is 0.581. The molecule has 0 radical (unpaired) electrons. The lowest BCUT2D eigenvalue weighted by atomic mass is 10.0. The topological polar surface area (TPSA) is 35.5 Å². The highest BCUT2D eigenvalue weighted by molar-refractivity contribution is 5.72. The molecule has 0 aliphatic rings. The quantitative estimate of drug-likeness (QED) is 0.712. The molecule has 0 aliphatic heterocycles. The third-order valence-corrected chi connectivity index (χ3v) is 2.66. The zero-order chi connectivity index (χ0) is 12.7. The molecule has 0 heterocycles. The van der Waals surface area contributed by atoms with E-state index in [0.29, 0.717) is 6.42 Å². The maximum atomic E-state index is 11.2. The Morgan fingerprint density at radius 3 is 2.47 bits per heavy atom. The molecule has 0 aromatic heterocycles. The maximum absolute atomic E-state index is 11.2. The lowest BCUT2D eigenvalue weighted by Gasteiger charge is -2.08. The van der Waals surface area contributed by atoms with Gasteiger partial charge in [-0.05, 0) is 36.1 Å². The fourth-order valence-electron chi connectivity index (χ4n) is 1.71. The summed E-state index contributed by atoms with van der Waals surface area (Å²) in [6, 6.07) is 5.96. The zero-order valence-electron chi connectivity index (χ0n) is 10.8. The van der Waals surface area contributed by atoms with Crippen LogP contribution in [0.15, 0.2) is 18.2 Å².